The Bertz CT molecular complexity index is 549. The first kappa shape index (κ1) is 15.5. The monoisotopic (exact) mass is 296 g/mol. The van der Waals surface area contributed by atoms with Gasteiger partial charge in [0.25, 0.3) is 0 Å². The fraction of sp³-hybridized carbons (Fsp3) is 0.600. The van der Waals surface area contributed by atoms with E-state index in [2.05, 4.69) is 10.0 Å². The van der Waals surface area contributed by atoms with Crippen LogP contribution in [0.4, 0.5) is 0 Å². The third-order valence-electron chi connectivity index (χ3n) is 3.92. The van der Waals surface area contributed by atoms with E-state index in [1.807, 2.05) is 26.0 Å². The molecule has 1 aromatic carbocycles. The molecular formula is C15H24N2O2S. The van der Waals surface area contributed by atoms with Crippen molar-refractivity contribution in [3.8, 4) is 0 Å². The predicted octanol–water partition coefficient (Wildman–Crippen LogP) is 1.97. The molecule has 5 heteroatoms. The first-order valence-corrected chi connectivity index (χ1v) is 8.75. The van der Waals surface area contributed by atoms with Crippen molar-refractivity contribution < 1.29 is 8.42 Å². The molecule has 0 amide bonds. The maximum atomic E-state index is 12.3. The number of hydrogen-bond donors (Lipinski definition) is 2. The molecule has 0 aliphatic carbocycles. The highest BCUT2D eigenvalue weighted by Gasteiger charge is 2.18. The highest BCUT2D eigenvalue weighted by Crippen LogP contribution is 2.18. The first-order valence-electron chi connectivity index (χ1n) is 7.27. The van der Waals surface area contributed by atoms with E-state index in [1.54, 1.807) is 6.07 Å². The molecular weight excluding hydrogens is 272 g/mol. The van der Waals surface area contributed by atoms with Crippen molar-refractivity contribution in [1.29, 1.82) is 0 Å². The zero-order valence-electron chi connectivity index (χ0n) is 12.3. The number of sulfonamides is 1. The Balaban J connectivity index is 1.93. The molecule has 0 aromatic heterocycles. The van der Waals surface area contributed by atoms with Gasteiger partial charge in [-0.25, -0.2) is 13.1 Å². The molecule has 2 rings (SSSR count). The van der Waals surface area contributed by atoms with Crippen molar-refractivity contribution in [2.45, 2.75) is 38.0 Å². The van der Waals surface area contributed by atoms with E-state index in [0.717, 1.165) is 43.5 Å². The van der Waals surface area contributed by atoms with Gasteiger partial charge in [-0.15, -0.1) is 0 Å². The summed E-state index contributed by atoms with van der Waals surface area (Å²) in [5, 5.41) is 3.32. The van der Waals surface area contributed by atoms with Crippen LogP contribution in [0.1, 0.15) is 30.4 Å². The number of piperidine rings is 1. The fourth-order valence-corrected chi connectivity index (χ4v) is 4.02. The average Bonchev–Trinajstić information content (AvgIpc) is 2.39. The van der Waals surface area contributed by atoms with Gasteiger partial charge in [0.2, 0.25) is 10.0 Å². The summed E-state index contributed by atoms with van der Waals surface area (Å²) in [5.41, 5.74) is 1.88. The summed E-state index contributed by atoms with van der Waals surface area (Å²) in [6.45, 7) is 6.44. The molecule has 0 unspecified atom stereocenters. The lowest BCUT2D eigenvalue weighted by molar-refractivity contribution is 0.354. The van der Waals surface area contributed by atoms with Crippen molar-refractivity contribution in [2.24, 2.45) is 5.92 Å². The van der Waals surface area contributed by atoms with Gasteiger partial charge < -0.3 is 5.32 Å². The minimum Gasteiger partial charge on any atom is -0.317 e. The Labute approximate surface area is 122 Å². The number of aryl methyl sites for hydroxylation is 2. The van der Waals surface area contributed by atoms with Crippen LogP contribution in [-0.2, 0) is 10.0 Å². The van der Waals surface area contributed by atoms with E-state index in [4.69, 9.17) is 0 Å². The van der Waals surface area contributed by atoms with Crippen molar-refractivity contribution in [3.05, 3.63) is 29.3 Å². The second kappa shape index (κ2) is 6.70. The van der Waals surface area contributed by atoms with E-state index in [0.29, 0.717) is 17.4 Å². The third-order valence-corrected chi connectivity index (χ3v) is 5.54. The lowest BCUT2D eigenvalue weighted by Crippen LogP contribution is -2.31. The molecule has 1 heterocycles. The summed E-state index contributed by atoms with van der Waals surface area (Å²) in [5.74, 6) is 0.637. The SMILES string of the molecule is Cc1ccc(S(=O)(=O)NCCC2CCNCC2)c(C)c1. The zero-order valence-corrected chi connectivity index (χ0v) is 13.1. The molecule has 20 heavy (non-hydrogen) atoms. The smallest absolute Gasteiger partial charge is 0.240 e. The molecule has 0 atom stereocenters. The molecule has 0 radical (unpaired) electrons. The molecule has 1 aliphatic heterocycles. The molecule has 0 spiro atoms. The van der Waals surface area contributed by atoms with Crippen LogP contribution >= 0.6 is 0 Å². The van der Waals surface area contributed by atoms with E-state index in [-0.39, 0.29) is 0 Å². The van der Waals surface area contributed by atoms with Gasteiger partial charge in [0.15, 0.2) is 0 Å². The Kier molecular flexibility index (Phi) is 5.18. The summed E-state index contributed by atoms with van der Waals surface area (Å²) in [7, 11) is -3.37. The topological polar surface area (TPSA) is 58.2 Å². The van der Waals surface area contributed by atoms with Gasteiger partial charge >= 0.3 is 0 Å². The van der Waals surface area contributed by atoms with Gasteiger partial charge in [-0.05, 0) is 63.7 Å². The minimum atomic E-state index is -3.37. The fourth-order valence-electron chi connectivity index (χ4n) is 2.75. The number of hydrogen-bond acceptors (Lipinski definition) is 3. The van der Waals surface area contributed by atoms with Crippen LogP contribution in [0.15, 0.2) is 23.1 Å². The molecule has 1 fully saturated rings. The van der Waals surface area contributed by atoms with E-state index >= 15 is 0 Å². The molecule has 112 valence electrons. The molecule has 1 aromatic rings. The van der Waals surface area contributed by atoms with Crippen LogP contribution in [0.25, 0.3) is 0 Å². The van der Waals surface area contributed by atoms with Gasteiger partial charge in [-0.1, -0.05) is 17.7 Å². The highest BCUT2D eigenvalue weighted by molar-refractivity contribution is 7.89. The van der Waals surface area contributed by atoms with Gasteiger partial charge in [0.1, 0.15) is 0 Å². The van der Waals surface area contributed by atoms with Crippen LogP contribution in [0.3, 0.4) is 0 Å². The van der Waals surface area contributed by atoms with Gasteiger partial charge in [-0.2, -0.15) is 0 Å². The van der Waals surface area contributed by atoms with E-state index in [1.165, 1.54) is 0 Å². The maximum absolute atomic E-state index is 12.3. The van der Waals surface area contributed by atoms with E-state index < -0.39 is 10.0 Å². The van der Waals surface area contributed by atoms with Crippen LogP contribution in [0.5, 0.6) is 0 Å². The summed E-state index contributed by atoms with van der Waals surface area (Å²) in [4.78, 5) is 0.397. The standard InChI is InChI=1S/C15H24N2O2S/c1-12-3-4-15(13(2)11-12)20(18,19)17-10-7-14-5-8-16-9-6-14/h3-4,11,14,16-17H,5-10H2,1-2H3. The first-order chi connectivity index (χ1) is 9.49. The number of nitrogens with one attached hydrogen (secondary N) is 2. The predicted molar refractivity (Wildman–Crippen MR) is 81.3 cm³/mol. The number of rotatable bonds is 5. The lowest BCUT2D eigenvalue weighted by Gasteiger charge is -2.22. The molecule has 0 saturated carbocycles. The van der Waals surface area contributed by atoms with Crippen molar-refractivity contribution in [1.82, 2.24) is 10.0 Å². The highest BCUT2D eigenvalue weighted by atomic mass is 32.2. The summed E-state index contributed by atoms with van der Waals surface area (Å²) < 4.78 is 27.3. The van der Waals surface area contributed by atoms with Crippen molar-refractivity contribution in [3.63, 3.8) is 0 Å². The quantitative estimate of drug-likeness (QED) is 0.873. The average molecular weight is 296 g/mol. The number of benzene rings is 1. The third kappa shape index (κ3) is 4.04. The lowest BCUT2D eigenvalue weighted by atomic mass is 9.95. The van der Waals surface area contributed by atoms with Gasteiger partial charge in [-0.3, -0.25) is 0 Å². The molecule has 1 saturated heterocycles. The van der Waals surface area contributed by atoms with Crippen LogP contribution in [-0.4, -0.2) is 28.1 Å². The van der Waals surface area contributed by atoms with Crippen molar-refractivity contribution >= 4 is 10.0 Å². The minimum absolute atomic E-state index is 0.397. The van der Waals surface area contributed by atoms with Gasteiger partial charge in [0, 0.05) is 6.54 Å². The van der Waals surface area contributed by atoms with Crippen LogP contribution in [0, 0.1) is 19.8 Å². The summed E-state index contributed by atoms with van der Waals surface area (Å²) in [6, 6.07) is 5.44. The van der Waals surface area contributed by atoms with Crippen LogP contribution < -0.4 is 10.0 Å². The second-order valence-electron chi connectivity index (χ2n) is 5.65. The second-order valence-corrected chi connectivity index (χ2v) is 7.38. The maximum Gasteiger partial charge on any atom is 0.240 e. The Hall–Kier alpha value is -0.910. The normalized spacial score (nSPS) is 17.3. The Morgan fingerprint density at radius 3 is 2.60 bits per heavy atom. The Morgan fingerprint density at radius 1 is 1.25 bits per heavy atom. The Morgan fingerprint density at radius 2 is 1.95 bits per heavy atom. The van der Waals surface area contributed by atoms with Crippen LogP contribution in [0.2, 0.25) is 0 Å². The largest absolute Gasteiger partial charge is 0.317 e. The van der Waals surface area contributed by atoms with E-state index in [9.17, 15) is 8.42 Å². The molecule has 0 bridgehead atoms. The zero-order chi connectivity index (χ0) is 14.6. The molecule has 2 N–H and O–H groups in total. The molecule has 1 aliphatic rings. The summed E-state index contributed by atoms with van der Waals surface area (Å²) >= 11 is 0. The van der Waals surface area contributed by atoms with Gasteiger partial charge in [0.05, 0.1) is 4.90 Å². The summed E-state index contributed by atoms with van der Waals surface area (Å²) in [6.07, 6.45) is 3.21. The van der Waals surface area contributed by atoms with Crippen molar-refractivity contribution in [2.75, 3.05) is 19.6 Å². The molecule has 4 nitrogen and oxygen atoms in total.